The first-order valence-electron chi connectivity index (χ1n) is 10.4. The van der Waals surface area contributed by atoms with Crippen LogP contribution in [0.3, 0.4) is 0 Å². The fourth-order valence-corrected chi connectivity index (χ4v) is 4.03. The number of nitrogens with zero attached hydrogens (tertiary/aromatic N) is 2. The minimum atomic E-state index is -0.945. The van der Waals surface area contributed by atoms with E-state index >= 15 is 0 Å². The predicted octanol–water partition coefficient (Wildman–Crippen LogP) is 3.79. The molecular weight excluding hydrogens is 440 g/mol. The van der Waals surface area contributed by atoms with Crippen LogP contribution in [0.25, 0.3) is 0 Å². The molecule has 0 fully saturated rings. The Morgan fingerprint density at radius 3 is 2.35 bits per heavy atom. The van der Waals surface area contributed by atoms with Crippen molar-refractivity contribution in [2.24, 2.45) is 0 Å². The van der Waals surface area contributed by atoms with Crippen molar-refractivity contribution < 1.29 is 33.3 Å². The third-order valence-corrected chi connectivity index (χ3v) is 5.59. The molecule has 0 spiro atoms. The summed E-state index contributed by atoms with van der Waals surface area (Å²) in [4.78, 5) is 32.1. The van der Waals surface area contributed by atoms with E-state index in [1.54, 1.807) is 49.6 Å². The van der Waals surface area contributed by atoms with Gasteiger partial charge in [-0.15, -0.1) is 0 Å². The van der Waals surface area contributed by atoms with Crippen LogP contribution in [0.5, 0.6) is 17.2 Å². The Hall–Kier alpha value is -4.27. The molecule has 1 aliphatic rings. The van der Waals surface area contributed by atoms with Crippen LogP contribution in [0, 0.1) is 6.92 Å². The van der Waals surface area contributed by atoms with Gasteiger partial charge in [0, 0.05) is 18.9 Å². The number of carbonyl (C=O) groups excluding carboxylic acids is 2. The van der Waals surface area contributed by atoms with E-state index in [2.05, 4.69) is 4.98 Å². The molecule has 2 aromatic heterocycles. The van der Waals surface area contributed by atoms with E-state index in [1.165, 1.54) is 32.3 Å². The zero-order valence-corrected chi connectivity index (χ0v) is 19.2. The Morgan fingerprint density at radius 2 is 1.82 bits per heavy atom. The fourth-order valence-electron chi connectivity index (χ4n) is 4.03. The summed E-state index contributed by atoms with van der Waals surface area (Å²) in [5.74, 6) is -0.311. The summed E-state index contributed by atoms with van der Waals surface area (Å²) in [6.07, 6.45) is 3.24. The Labute approximate surface area is 196 Å². The first kappa shape index (κ1) is 22.9. The van der Waals surface area contributed by atoms with Crippen molar-refractivity contribution in [3.63, 3.8) is 0 Å². The number of Topliss-reactive ketones (excluding diaryl/α,β-unsaturated/α-hetero) is 1. The van der Waals surface area contributed by atoms with Crippen molar-refractivity contribution in [3.8, 4) is 17.2 Å². The molecule has 1 atom stereocenters. The van der Waals surface area contributed by atoms with Gasteiger partial charge in [-0.1, -0.05) is 6.07 Å². The minimum Gasteiger partial charge on any atom is -0.503 e. The lowest BCUT2D eigenvalue weighted by atomic mass is 9.94. The highest BCUT2D eigenvalue weighted by atomic mass is 16.5. The Kier molecular flexibility index (Phi) is 6.27. The summed E-state index contributed by atoms with van der Waals surface area (Å²) >= 11 is 0. The maximum atomic E-state index is 13.4. The van der Waals surface area contributed by atoms with Crippen LogP contribution in [0.15, 0.2) is 64.5 Å². The molecule has 1 aliphatic heterocycles. The smallest absolute Gasteiger partial charge is 0.290 e. The van der Waals surface area contributed by atoms with E-state index in [1.807, 2.05) is 0 Å². The Balaban J connectivity index is 1.88. The number of benzene rings is 1. The van der Waals surface area contributed by atoms with Crippen molar-refractivity contribution in [3.05, 3.63) is 82.8 Å². The highest BCUT2D eigenvalue weighted by molar-refractivity contribution is 6.15. The lowest BCUT2D eigenvalue weighted by molar-refractivity contribution is -0.130. The zero-order chi connectivity index (χ0) is 24.4. The number of aromatic nitrogens is 1. The molecule has 9 nitrogen and oxygen atoms in total. The van der Waals surface area contributed by atoms with E-state index in [-0.39, 0.29) is 17.9 Å². The Morgan fingerprint density at radius 1 is 1.12 bits per heavy atom. The quantitative estimate of drug-likeness (QED) is 0.501. The molecule has 9 heteroatoms. The topological polar surface area (TPSA) is 111 Å². The molecule has 34 heavy (non-hydrogen) atoms. The van der Waals surface area contributed by atoms with Gasteiger partial charge in [0.15, 0.2) is 23.0 Å². The van der Waals surface area contributed by atoms with E-state index in [0.29, 0.717) is 28.6 Å². The second kappa shape index (κ2) is 9.30. The van der Waals surface area contributed by atoms with Gasteiger partial charge in [-0.3, -0.25) is 14.6 Å². The molecule has 0 aliphatic carbocycles. The molecule has 1 N–H and O–H groups in total. The molecule has 3 aromatic rings. The molecule has 3 heterocycles. The number of hydrogen-bond acceptors (Lipinski definition) is 8. The average Bonchev–Trinajstić information content (AvgIpc) is 3.40. The van der Waals surface area contributed by atoms with Crippen molar-refractivity contribution in [2.75, 3.05) is 21.3 Å². The third kappa shape index (κ3) is 3.96. The number of aliphatic hydroxyl groups is 1. The van der Waals surface area contributed by atoms with E-state index in [9.17, 15) is 14.7 Å². The molecule has 0 saturated carbocycles. The SMILES string of the molecule is COc1cc(C2C(C(=O)c3ccc(C)o3)=C(O)C(=O)N2Cc2cccnc2)cc(OC)c1OC. The first-order chi connectivity index (χ1) is 16.4. The fraction of sp³-hybridized carbons (Fsp3) is 0.240. The molecule has 1 aromatic carbocycles. The number of amides is 1. The first-order valence-corrected chi connectivity index (χ1v) is 10.4. The largest absolute Gasteiger partial charge is 0.503 e. The number of ether oxygens (including phenoxy) is 3. The summed E-state index contributed by atoms with van der Waals surface area (Å²) in [6, 6.07) is 9.06. The van der Waals surface area contributed by atoms with E-state index in [4.69, 9.17) is 18.6 Å². The van der Waals surface area contributed by atoms with Crippen LogP contribution >= 0.6 is 0 Å². The number of carbonyl (C=O) groups is 2. The average molecular weight is 464 g/mol. The number of ketones is 1. The van der Waals surface area contributed by atoms with Gasteiger partial charge in [0.05, 0.1) is 32.9 Å². The lowest BCUT2D eigenvalue weighted by Gasteiger charge is -2.27. The van der Waals surface area contributed by atoms with Crippen molar-refractivity contribution >= 4 is 11.7 Å². The van der Waals surface area contributed by atoms with Gasteiger partial charge in [-0.2, -0.15) is 0 Å². The second-order valence-electron chi connectivity index (χ2n) is 7.66. The van der Waals surface area contributed by atoms with Crippen LogP contribution in [-0.4, -0.2) is 48.0 Å². The predicted molar refractivity (Wildman–Crippen MR) is 121 cm³/mol. The summed E-state index contributed by atoms with van der Waals surface area (Å²) < 4.78 is 21.8. The van der Waals surface area contributed by atoms with Gasteiger partial charge in [-0.05, 0) is 48.4 Å². The summed E-state index contributed by atoms with van der Waals surface area (Å²) in [5, 5.41) is 10.9. The maximum absolute atomic E-state index is 13.4. The van der Waals surface area contributed by atoms with Crippen LogP contribution < -0.4 is 14.2 Å². The molecule has 0 saturated heterocycles. The number of methoxy groups -OCH3 is 3. The maximum Gasteiger partial charge on any atom is 0.290 e. The van der Waals surface area contributed by atoms with Gasteiger partial charge < -0.3 is 28.6 Å². The van der Waals surface area contributed by atoms with Gasteiger partial charge in [-0.25, -0.2) is 0 Å². The van der Waals surface area contributed by atoms with Gasteiger partial charge in [0.25, 0.3) is 5.91 Å². The van der Waals surface area contributed by atoms with Crippen LogP contribution in [0.2, 0.25) is 0 Å². The van der Waals surface area contributed by atoms with Crippen LogP contribution in [0.4, 0.5) is 0 Å². The molecular formula is C25H24N2O7. The van der Waals surface area contributed by atoms with E-state index in [0.717, 1.165) is 5.56 Å². The highest BCUT2D eigenvalue weighted by Gasteiger charge is 2.45. The zero-order valence-electron chi connectivity index (χ0n) is 19.2. The lowest BCUT2D eigenvalue weighted by Crippen LogP contribution is -2.30. The summed E-state index contributed by atoms with van der Waals surface area (Å²) in [7, 11) is 4.42. The van der Waals surface area contributed by atoms with Gasteiger partial charge in [0.1, 0.15) is 5.76 Å². The minimum absolute atomic E-state index is 0.0209. The number of hydrogen-bond donors (Lipinski definition) is 1. The summed E-state index contributed by atoms with van der Waals surface area (Å²) in [6.45, 7) is 1.81. The molecule has 176 valence electrons. The third-order valence-electron chi connectivity index (χ3n) is 5.59. The second-order valence-corrected chi connectivity index (χ2v) is 7.66. The molecule has 1 unspecified atom stereocenters. The number of pyridine rings is 1. The Bertz CT molecular complexity index is 1240. The molecule has 1 amide bonds. The number of furan rings is 1. The van der Waals surface area contributed by atoms with Crippen molar-refractivity contribution in [2.45, 2.75) is 19.5 Å². The molecule has 0 radical (unpaired) electrons. The number of aryl methyl sites for hydroxylation is 1. The highest BCUT2D eigenvalue weighted by Crippen LogP contribution is 2.46. The molecule has 0 bridgehead atoms. The van der Waals surface area contributed by atoms with Crippen LogP contribution in [-0.2, 0) is 11.3 Å². The summed E-state index contributed by atoms with van der Waals surface area (Å²) in [5.41, 5.74) is 1.11. The monoisotopic (exact) mass is 464 g/mol. The van der Waals surface area contributed by atoms with Gasteiger partial charge in [0.2, 0.25) is 11.5 Å². The van der Waals surface area contributed by atoms with Crippen LogP contribution in [0.1, 0.15) is 33.5 Å². The van der Waals surface area contributed by atoms with Gasteiger partial charge >= 0.3 is 0 Å². The number of rotatable bonds is 8. The van der Waals surface area contributed by atoms with Crippen molar-refractivity contribution in [1.29, 1.82) is 0 Å². The molecule has 4 rings (SSSR count). The van der Waals surface area contributed by atoms with Crippen molar-refractivity contribution in [1.82, 2.24) is 9.88 Å². The standard InChI is InChI=1S/C25H24N2O7/c1-14-7-8-17(34-14)22(28)20-21(16-10-18(31-2)24(33-4)19(11-16)32-3)27(25(30)23(20)29)13-15-6-5-9-26-12-15/h5-12,21,29H,13H2,1-4H3. The normalized spacial score (nSPS) is 15.6. The van der Waals surface area contributed by atoms with E-state index < -0.39 is 23.5 Å². The number of aliphatic hydroxyl groups excluding tert-OH is 1.